The largest absolute Gasteiger partial charge is 0.295 e. The zero-order chi connectivity index (χ0) is 8.72. The van der Waals surface area contributed by atoms with Gasteiger partial charge in [-0.05, 0) is 36.7 Å². The van der Waals surface area contributed by atoms with Gasteiger partial charge in [0.05, 0.1) is 0 Å². The lowest BCUT2D eigenvalue weighted by molar-refractivity contribution is -0.121. The van der Waals surface area contributed by atoms with Crippen LogP contribution in [0.4, 0.5) is 0 Å². The minimum Gasteiger partial charge on any atom is -0.295 e. The second-order valence-corrected chi connectivity index (χ2v) is 4.36. The van der Waals surface area contributed by atoms with Gasteiger partial charge in [-0.25, -0.2) is 0 Å². The van der Waals surface area contributed by atoms with Crippen molar-refractivity contribution < 1.29 is 4.79 Å². The van der Waals surface area contributed by atoms with Gasteiger partial charge in [0.25, 0.3) is 0 Å². The molecule has 66 valence electrons. The highest BCUT2D eigenvalue weighted by molar-refractivity contribution is 5.93. The molecule has 0 heterocycles. The van der Waals surface area contributed by atoms with Gasteiger partial charge < -0.3 is 0 Å². The zero-order valence-electron chi connectivity index (χ0n) is 7.79. The summed E-state index contributed by atoms with van der Waals surface area (Å²) in [4.78, 5) is 11.5. The van der Waals surface area contributed by atoms with Crippen LogP contribution in [0, 0.1) is 23.7 Å². The smallest absolute Gasteiger partial charge is 0.159 e. The summed E-state index contributed by atoms with van der Waals surface area (Å²) in [7, 11) is 0. The van der Waals surface area contributed by atoms with Crippen molar-refractivity contribution in [2.75, 3.05) is 0 Å². The Kier molecular flexibility index (Phi) is 1.82. The van der Waals surface area contributed by atoms with Crippen LogP contribution in [-0.2, 0) is 4.79 Å². The Labute approximate surface area is 73.8 Å². The van der Waals surface area contributed by atoms with Gasteiger partial charge >= 0.3 is 0 Å². The first-order chi connectivity index (χ1) is 5.70. The van der Waals surface area contributed by atoms with E-state index in [1.165, 1.54) is 12.8 Å². The number of hydrogen-bond donors (Lipinski definition) is 0. The Hall–Kier alpha value is -0.590. The number of fused-ring (bicyclic) bond motifs is 1. The van der Waals surface area contributed by atoms with Gasteiger partial charge in [-0.3, -0.25) is 4.79 Å². The first-order valence-electron chi connectivity index (χ1n) is 4.92. The Morgan fingerprint density at radius 1 is 1.33 bits per heavy atom. The van der Waals surface area contributed by atoms with Crippen LogP contribution >= 0.6 is 0 Å². The zero-order valence-corrected chi connectivity index (χ0v) is 7.79. The second kappa shape index (κ2) is 2.72. The molecule has 4 atom stereocenters. The molecule has 1 fully saturated rings. The van der Waals surface area contributed by atoms with Crippen LogP contribution in [-0.4, -0.2) is 5.78 Å². The van der Waals surface area contributed by atoms with Crippen molar-refractivity contribution >= 4 is 5.78 Å². The number of hydrogen-bond acceptors (Lipinski definition) is 1. The maximum absolute atomic E-state index is 11.5. The summed E-state index contributed by atoms with van der Waals surface area (Å²) in [5.41, 5.74) is 0. The van der Waals surface area contributed by atoms with Crippen LogP contribution in [0.15, 0.2) is 12.2 Å². The third-order valence-electron chi connectivity index (χ3n) is 3.60. The molecular weight excluding hydrogens is 148 g/mol. The summed E-state index contributed by atoms with van der Waals surface area (Å²) >= 11 is 0. The predicted octanol–water partition coefficient (Wildman–Crippen LogP) is 2.42. The lowest BCUT2D eigenvalue weighted by Crippen LogP contribution is -2.29. The first kappa shape index (κ1) is 8.03. The van der Waals surface area contributed by atoms with E-state index in [0.717, 1.165) is 0 Å². The summed E-state index contributed by atoms with van der Waals surface area (Å²) in [6.07, 6.45) is 6.38. The Balaban J connectivity index is 2.28. The van der Waals surface area contributed by atoms with Gasteiger partial charge in [-0.1, -0.05) is 19.9 Å². The summed E-state index contributed by atoms with van der Waals surface area (Å²) in [6, 6.07) is 0. The van der Waals surface area contributed by atoms with Crippen molar-refractivity contribution in [2.45, 2.75) is 26.7 Å². The fourth-order valence-corrected chi connectivity index (χ4v) is 2.82. The van der Waals surface area contributed by atoms with E-state index in [9.17, 15) is 4.79 Å². The van der Waals surface area contributed by atoms with E-state index in [4.69, 9.17) is 0 Å². The quantitative estimate of drug-likeness (QED) is 0.537. The highest BCUT2D eigenvalue weighted by Gasteiger charge is 2.41. The van der Waals surface area contributed by atoms with Gasteiger partial charge in [0.2, 0.25) is 0 Å². The van der Waals surface area contributed by atoms with Crippen molar-refractivity contribution in [3.63, 3.8) is 0 Å². The average Bonchev–Trinajstić information content (AvgIpc) is 2.42. The third-order valence-corrected chi connectivity index (χ3v) is 3.60. The van der Waals surface area contributed by atoms with E-state index in [0.29, 0.717) is 29.5 Å². The number of rotatable bonds is 0. The van der Waals surface area contributed by atoms with Gasteiger partial charge in [0.1, 0.15) is 0 Å². The lowest BCUT2D eigenvalue weighted by atomic mass is 9.76. The summed E-state index contributed by atoms with van der Waals surface area (Å²) in [6.45, 7) is 4.45. The molecule has 12 heavy (non-hydrogen) atoms. The molecule has 0 aliphatic heterocycles. The molecular formula is C11H16O. The minimum absolute atomic E-state index is 0.352. The van der Waals surface area contributed by atoms with Gasteiger partial charge in [-0.15, -0.1) is 0 Å². The van der Waals surface area contributed by atoms with Crippen molar-refractivity contribution in [1.82, 2.24) is 0 Å². The van der Waals surface area contributed by atoms with Gasteiger partial charge in [-0.2, -0.15) is 0 Å². The standard InChI is InChI=1S/C11H16O/c1-7-4-6-10(12)11-8(2)3-5-9(7)11/h4,6-9,11H,3,5H2,1-2H3/t7-,8-,9+,11?/m0/s1. The number of ketones is 1. The normalized spacial score (nSPS) is 46.3. The molecule has 0 spiro atoms. The van der Waals surface area contributed by atoms with Crippen molar-refractivity contribution in [3.05, 3.63) is 12.2 Å². The lowest BCUT2D eigenvalue weighted by Gasteiger charge is -2.27. The molecule has 0 radical (unpaired) electrons. The molecule has 2 aliphatic carbocycles. The molecule has 0 aromatic heterocycles. The fourth-order valence-electron chi connectivity index (χ4n) is 2.82. The molecule has 0 aromatic carbocycles. The maximum atomic E-state index is 11.5. The van der Waals surface area contributed by atoms with Crippen LogP contribution in [0.1, 0.15) is 26.7 Å². The van der Waals surface area contributed by atoms with Gasteiger partial charge in [0.15, 0.2) is 5.78 Å². The molecule has 0 amide bonds. The minimum atomic E-state index is 0.352. The highest BCUT2D eigenvalue weighted by Crippen LogP contribution is 2.44. The monoisotopic (exact) mass is 164 g/mol. The number of carbonyl (C=O) groups excluding carboxylic acids is 1. The predicted molar refractivity (Wildman–Crippen MR) is 48.7 cm³/mol. The van der Waals surface area contributed by atoms with E-state index >= 15 is 0 Å². The number of allylic oxidation sites excluding steroid dienone is 2. The Morgan fingerprint density at radius 2 is 2.08 bits per heavy atom. The molecule has 1 saturated carbocycles. The molecule has 1 unspecified atom stereocenters. The summed E-state index contributed by atoms with van der Waals surface area (Å²) in [5, 5.41) is 0. The highest BCUT2D eigenvalue weighted by atomic mass is 16.1. The van der Waals surface area contributed by atoms with E-state index in [2.05, 4.69) is 19.9 Å². The van der Waals surface area contributed by atoms with E-state index in [1.54, 1.807) is 6.08 Å². The molecule has 1 nitrogen and oxygen atoms in total. The van der Waals surface area contributed by atoms with Gasteiger partial charge in [0, 0.05) is 5.92 Å². The molecule has 0 aromatic rings. The van der Waals surface area contributed by atoms with Crippen LogP contribution in [0.3, 0.4) is 0 Å². The summed E-state index contributed by atoms with van der Waals surface area (Å²) < 4.78 is 0. The van der Waals surface area contributed by atoms with E-state index in [-0.39, 0.29) is 0 Å². The van der Waals surface area contributed by atoms with Crippen LogP contribution in [0.25, 0.3) is 0 Å². The average molecular weight is 164 g/mol. The SMILES string of the molecule is C[C@H]1CC[C@H]2C1C(=O)C=C[C@@H]2C. The molecule has 2 rings (SSSR count). The first-order valence-corrected chi connectivity index (χ1v) is 4.92. The topological polar surface area (TPSA) is 17.1 Å². The summed E-state index contributed by atoms with van der Waals surface area (Å²) in [5.74, 6) is 2.62. The number of carbonyl (C=O) groups is 1. The Morgan fingerprint density at radius 3 is 2.75 bits per heavy atom. The van der Waals surface area contributed by atoms with Crippen LogP contribution in [0.5, 0.6) is 0 Å². The van der Waals surface area contributed by atoms with Crippen molar-refractivity contribution in [1.29, 1.82) is 0 Å². The Bertz CT molecular complexity index is 229. The maximum Gasteiger partial charge on any atom is 0.159 e. The van der Waals surface area contributed by atoms with Crippen molar-refractivity contribution in [3.8, 4) is 0 Å². The third kappa shape index (κ3) is 1.03. The van der Waals surface area contributed by atoms with Crippen LogP contribution < -0.4 is 0 Å². The second-order valence-electron chi connectivity index (χ2n) is 4.36. The molecule has 0 saturated heterocycles. The molecule has 2 aliphatic rings. The van der Waals surface area contributed by atoms with Crippen molar-refractivity contribution in [2.24, 2.45) is 23.7 Å². The molecule has 1 heteroatoms. The van der Waals surface area contributed by atoms with E-state index < -0.39 is 0 Å². The van der Waals surface area contributed by atoms with E-state index in [1.807, 2.05) is 0 Å². The fraction of sp³-hybridized carbons (Fsp3) is 0.727. The van der Waals surface area contributed by atoms with Crippen LogP contribution in [0.2, 0.25) is 0 Å². The molecule has 0 N–H and O–H groups in total. The molecule has 0 bridgehead atoms.